The van der Waals surface area contributed by atoms with E-state index in [1.807, 2.05) is 37.3 Å². The highest BCUT2D eigenvalue weighted by atomic mass is 35.5. The van der Waals surface area contributed by atoms with Crippen molar-refractivity contribution in [2.75, 3.05) is 35.0 Å². The van der Waals surface area contributed by atoms with Crippen LogP contribution in [-0.4, -0.2) is 79.8 Å². The summed E-state index contributed by atoms with van der Waals surface area (Å²) >= 11 is 6.83. The monoisotopic (exact) mass is 646 g/mol. The summed E-state index contributed by atoms with van der Waals surface area (Å²) in [5.74, 6) is -2.66. The molecule has 1 atom stereocenters. The maximum absolute atomic E-state index is 13.5. The van der Waals surface area contributed by atoms with Gasteiger partial charge in [-0.1, -0.05) is 35.9 Å². The van der Waals surface area contributed by atoms with E-state index < -0.39 is 35.4 Å². The minimum absolute atomic E-state index is 0.000450. The van der Waals surface area contributed by atoms with Crippen LogP contribution in [0.25, 0.3) is 0 Å². The number of aromatic amines is 1. The number of benzene rings is 1. The van der Waals surface area contributed by atoms with Gasteiger partial charge in [0.15, 0.2) is 0 Å². The topological polar surface area (TPSA) is 151 Å². The van der Waals surface area contributed by atoms with Crippen LogP contribution >= 0.6 is 11.8 Å². The van der Waals surface area contributed by atoms with Crippen molar-refractivity contribution in [1.29, 1.82) is 0 Å². The third-order valence-electron chi connectivity index (χ3n) is 7.95. The quantitative estimate of drug-likeness (QED) is 0.130. The van der Waals surface area contributed by atoms with E-state index in [-0.39, 0.29) is 57.4 Å². The summed E-state index contributed by atoms with van der Waals surface area (Å²) in [5.41, 5.74) is 2.59. The van der Waals surface area contributed by atoms with Crippen molar-refractivity contribution in [3.63, 3.8) is 0 Å². The third-order valence-corrected chi connectivity index (χ3v) is 8.44. The minimum atomic E-state index is -1.01. The van der Waals surface area contributed by atoms with Gasteiger partial charge in [-0.3, -0.25) is 19.2 Å². The van der Waals surface area contributed by atoms with Crippen LogP contribution in [0.3, 0.4) is 0 Å². The summed E-state index contributed by atoms with van der Waals surface area (Å²) in [7, 11) is 5.09. The number of aromatic nitrogens is 1. The van der Waals surface area contributed by atoms with Crippen molar-refractivity contribution in [3.05, 3.63) is 69.6 Å². The summed E-state index contributed by atoms with van der Waals surface area (Å²) in [4.78, 5) is 65.9. The molecule has 2 heterocycles. The average molecular weight is 647 g/mol. The second-order valence-electron chi connectivity index (χ2n) is 10.7. The van der Waals surface area contributed by atoms with Crippen molar-refractivity contribution in [1.82, 2.24) is 9.40 Å². The normalized spacial score (nSPS) is 16.3. The second kappa shape index (κ2) is 16.2. The fourth-order valence-corrected chi connectivity index (χ4v) is 5.71. The van der Waals surface area contributed by atoms with Crippen LogP contribution in [0, 0.1) is 0 Å². The van der Waals surface area contributed by atoms with E-state index in [9.17, 15) is 24.0 Å². The van der Waals surface area contributed by atoms with Crippen molar-refractivity contribution >= 4 is 41.6 Å². The number of carbonyl (C=O) groups is 5. The number of H-pyrrole nitrogens is 1. The molecule has 0 amide bonds. The Kier molecular flexibility index (Phi) is 12.7. The maximum atomic E-state index is 13.5. The van der Waals surface area contributed by atoms with Crippen molar-refractivity contribution in [3.8, 4) is 0 Å². The Morgan fingerprint density at radius 2 is 1.40 bits per heavy atom. The summed E-state index contributed by atoms with van der Waals surface area (Å²) in [5, 5.41) is 0. The predicted octanol–water partition coefficient (Wildman–Crippen LogP) is 3.78. The number of hydrogen-bond donors (Lipinski definition) is 1. The average Bonchev–Trinajstić information content (AvgIpc) is 3.49. The van der Waals surface area contributed by atoms with E-state index in [1.165, 1.54) is 32.9 Å². The minimum Gasteiger partial charge on any atom is -0.469 e. The molecule has 1 aliphatic heterocycles. The molecule has 0 bridgehead atoms. The van der Waals surface area contributed by atoms with Crippen LogP contribution < -0.4 is 0 Å². The highest BCUT2D eigenvalue weighted by molar-refractivity contribution is 6.14. The van der Waals surface area contributed by atoms with Gasteiger partial charge >= 0.3 is 29.8 Å². The van der Waals surface area contributed by atoms with Gasteiger partial charge in [-0.05, 0) is 53.8 Å². The molecule has 13 heteroatoms. The van der Waals surface area contributed by atoms with E-state index in [1.54, 1.807) is 0 Å². The lowest BCUT2D eigenvalue weighted by Crippen LogP contribution is -2.41. The number of nitrogens with zero attached hydrogens (tertiary/aromatic N) is 1. The molecule has 2 aromatic rings. The predicted molar refractivity (Wildman–Crippen MR) is 162 cm³/mol. The zero-order chi connectivity index (χ0) is 33.1. The Balaban J connectivity index is 2.11. The first-order valence-electron chi connectivity index (χ1n) is 14.3. The fourth-order valence-electron chi connectivity index (χ4n) is 5.41. The number of carbonyl (C=O) groups excluding carboxylic acids is 5. The van der Waals surface area contributed by atoms with E-state index in [2.05, 4.69) is 4.98 Å². The van der Waals surface area contributed by atoms with Gasteiger partial charge in [-0.25, -0.2) is 9.21 Å². The number of ether oxygens (including phenoxy) is 5. The molecule has 0 radical (unpaired) electrons. The summed E-state index contributed by atoms with van der Waals surface area (Å²) in [6, 6.07) is 9.13. The zero-order valence-electron chi connectivity index (χ0n) is 26.2. The molecule has 0 saturated carbocycles. The standard InChI is InChI=1S/C32H39ClN2O10/c1-32(24(16-29(39)44-5)21(18-35(32)33)11-13-26(36)41-2)17-25-23(15-28(38)43-4)22(12-14-27(37)42-3)30(34-25)31(40)45-19-20-9-7-6-8-10-20/h6-10,34H,11-19H2,1-5H3. The van der Waals surface area contributed by atoms with Crippen LogP contribution in [0.4, 0.5) is 0 Å². The van der Waals surface area contributed by atoms with Gasteiger partial charge in [0.05, 0.1) is 46.8 Å². The van der Waals surface area contributed by atoms with Gasteiger partial charge in [0.1, 0.15) is 12.3 Å². The molecule has 1 aromatic carbocycles. The lowest BCUT2D eigenvalue weighted by molar-refractivity contribution is -0.141. The Morgan fingerprint density at radius 3 is 2.00 bits per heavy atom. The lowest BCUT2D eigenvalue weighted by Gasteiger charge is -2.33. The van der Waals surface area contributed by atoms with E-state index >= 15 is 0 Å². The zero-order valence-corrected chi connectivity index (χ0v) is 26.9. The molecule has 1 N–H and O–H groups in total. The van der Waals surface area contributed by atoms with Crippen molar-refractivity contribution in [2.45, 2.75) is 64.0 Å². The van der Waals surface area contributed by atoms with Gasteiger partial charge in [0.25, 0.3) is 0 Å². The maximum Gasteiger partial charge on any atom is 0.355 e. The Labute approximate surface area is 267 Å². The van der Waals surface area contributed by atoms with E-state index in [0.29, 0.717) is 28.8 Å². The molecule has 0 aliphatic carbocycles. The third kappa shape index (κ3) is 8.95. The van der Waals surface area contributed by atoms with Crippen LogP contribution in [0.15, 0.2) is 41.5 Å². The fraction of sp³-hybridized carbons (Fsp3) is 0.469. The molecule has 3 rings (SSSR count). The largest absolute Gasteiger partial charge is 0.469 e. The Hall–Kier alpha value is -4.16. The molecule has 45 heavy (non-hydrogen) atoms. The summed E-state index contributed by atoms with van der Waals surface area (Å²) < 4.78 is 26.7. The molecule has 0 spiro atoms. The van der Waals surface area contributed by atoms with Crippen LogP contribution in [0.5, 0.6) is 0 Å². The first kappa shape index (κ1) is 35.3. The highest BCUT2D eigenvalue weighted by Gasteiger charge is 2.45. The SMILES string of the molecule is COC(=O)CCC1=C(CC(=O)OC)C(C)(Cc2[nH]c(C(=O)OCc3ccccc3)c(CCC(=O)OC)c2CC(=O)OC)N(Cl)C1. The summed E-state index contributed by atoms with van der Waals surface area (Å²) in [6.07, 6.45) is 0.206. The number of esters is 5. The second-order valence-corrected chi connectivity index (χ2v) is 11.1. The molecule has 0 fully saturated rings. The van der Waals surface area contributed by atoms with E-state index in [0.717, 1.165) is 11.1 Å². The number of halogens is 1. The molecule has 1 aromatic heterocycles. The molecule has 244 valence electrons. The first-order chi connectivity index (χ1) is 21.5. The van der Waals surface area contributed by atoms with Gasteiger partial charge in [0.2, 0.25) is 0 Å². The molecule has 1 unspecified atom stereocenters. The Bertz CT molecular complexity index is 1430. The van der Waals surface area contributed by atoms with Crippen LogP contribution in [0.1, 0.15) is 65.5 Å². The number of hydrogen-bond acceptors (Lipinski definition) is 11. The van der Waals surface area contributed by atoms with Crippen LogP contribution in [0.2, 0.25) is 0 Å². The highest BCUT2D eigenvalue weighted by Crippen LogP contribution is 2.43. The smallest absolute Gasteiger partial charge is 0.355 e. The van der Waals surface area contributed by atoms with Gasteiger partial charge < -0.3 is 28.7 Å². The van der Waals surface area contributed by atoms with Gasteiger partial charge in [-0.15, -0.1) is 0 Å². The van der Waals surface area contributed by atoms with Gasteiger partial charge in [0, 0.05) is 31.5 Å². The van der Waals surface area contributed by atoms with Crippen molar-refractivity contribution < 1.29 is 47.7 Å². The van der Waals surface area contributed by atoms with Gasteiger partial charge in [-0.2, -0.15) is 0 Å². The molecule has 1 aliphatic rings. The van der Waals surface area contributed by atoms with Crippen molar-refractivity contribution in [2.24, 2.45) is 0 Å². The number of methoxy groups -OCH3 is 4. The molecule has 12 nitrogen and oxygen atoms in total. The Morgan fingerprint density at radius 1 is 0.822 bits per heavy atom. The molecular formula is C32H39ClN2O10. The molecular weight excluding hydrogens is 608 g/mol. The first-order valence-corrected chi connectivity index (χ1v) is 14.7. The molecule has 0 saturated heterocycles. The van der Waals surface area contributed by atoms with E-state index in [4.69, 9.17) is 35.5 Å². The number of rotatable bonds is 15. The number of nitrogens with one attached hydrogen (secondary N) is 1. The van der Waals surface area contributed by atoms with Crippen LogP contribution in [-0.2, 0) is 68.7 Å². The summed E-state index contributed by atoms with van der Waals surface area (Å²) in [6.45, 7) is 2.07. The lowest BCUT2D eigenvalue weighted by atomic mass is 9.83.